The zero-order chi connectivity index (χ0) is 17.2. The van der Waals surface area contributed by atoms with Gasteiger partial charge in [0.05, 0.1) is 11.6 Å². The van der Waals surface area contributed by atoms with Crippen molar-refractivity contribution in [2.45, 2.75) is 11.9 Å². The first kappa shape index (κ1) is 17.1. The Balaban J connectivity index is 2.16. The molecule has 23 heavy (non-hydrogen) atoms. The lowest BCUT2D eigenvalue weighted by molar-refractivity contribution is 0.256. The SMILES string of the molecule is COc1cc(C)nc(NC(=O)NS(=O)(=O)c2nn(C)cc2Br)n1. The average molecular weight is 405 g/mol. The number of sulfonamides is 1. The predicted molar refractivity (Wildman–Crippen MR) is 83.6 cm³/mol. The van der Waals surface area contributed by atoms with E-state index >= 15 is 0 Å². The lowest BCUT2D eigenvalue weighted by atomic mass is 10.4. The van der Waals surface area contributed by atoms with Gasteiger partial charge in [-0.3, -0.25) is 10.00 Å². The van der Waals surface area contributed by atoms with Crippen molar-refractivity contribution in [2.24, 2.45) is 7.05 Å². The van der Waals surface area contributed by atoms with Crippen molar-refractivity contribution in [3.05, 3.63) is 22.4 Å². The van der Waals surface area contributed by atoms with E-state index in [1.54, 1.807) is 20.0 Å². The zero-order valence-electron chi connectivity index (χ0n) is 12.4. The molecule has 0 atom stereocenters. The van der Waals surface area contributed by atoms with E-state index in [1.807, 2.05) is 4.72 Å². The fourth-order valence-corrected chi connectivity index (χ4v) is 3.57. The van der Waals surface area contributed by atoms with E-state index in [-0.39, 0.29) is 21.3 Å². The van der Waals surface area contributed by atoms with E-state index in [9.17, 15) is 13.2 Å². The molecular weight excluding hydrogens is 392 g/mol. The van der Waals surface area contributed by atoms with Crippen LogP contribution in [0.4, 0.5) is 10.7 Å². The van der Waals surface area contributed by atoms with Gasteiger partial charge in [-0.15, -0.1) is 0 Å². The molecule has 0 aliphatic heterocycles. The third kappa shape index (κ3) is 4.16. The molecule has 124 valence electrons. The smallest absolute Gasteiger partial charge is 0.335 e. The van der Waals surface area contributed by atoms with Gasteiger partial charge in [-0.2, -0.15) is 18.5 Å². The number of nitrogens with one attached hydrogen (secondary N) is 2. The van der Waals surface area contributed by atoms with Crippen molar-refractivity contribution < 1.29 is 17.9 Å². The fraction of sp³-hybridized carbons (Fsp3) is 0.273. The number of hydrogen-bond donors (Lipinski definition) is 2. The number of ether oxygens (including phenoxy) is 1. The van der Waals surface area contributed by atoms with Crippen molar-refractivity contribution in [1.82, 2.24) is 24.5 Å². The van der Waals surface area contributed by atoms with Gasteiger partial charge < -0.3 is 4.74 Å². The topological polar surface area (TPSA) is 128 Å². The first-order valence-electron chi connectivity index (χ1n) is 6.14. The molecule has 0 saturated heterocycles. The number of carbonyl (C=O) groups is 1. The Hall–Kier alpha value is -2.21. The van der Waals surface area contributed by atoms with Crippen LogP contribution in [-0.4, -0.2) is 41.3 Å². The minimum atomic E-state index is -4.14. The van der Waals surface area contributed by atoms with Crippen molar-refractivity contribution in [1.29, 1.82) is 0 Å². The Morgan fingerprint density at radius 2 is 2.09 bits per heavy atom. The van der Waals surface area contributed by atoms with Crippen LogP contribution in [0.25, 0.3) is 0 Å². The van der Waals surface area contributed by atoms with Crippen LogP contribution in [0.3, 0.4) is 0 Å². The molecule has 0 fully saturated rings. The number of amides is 2. The summed E-state index contributed by atoms with van der Waals surface area (Å²) in [6, 6.07) is 0.542. The Bertz CT molecular complexity index is 850. The van der Waals surface area contributed by atoms with Gasteiger partial charge in [-0.1, -0.05) is 0 Å². The maximum atomic E-state index is 12.1. The van der Waals surface area contributed by atoms with E-state index in [0.717, 1.165) is 0 Å². The van der Waals surface area contributed by atoms with Crippen molar-refractivity contribution in [3.8, 4) is 5.88 Å². The van der Waals surface area contributed by atoms with Crippen LogP contribution in [-0.2, 0) is 17.1 Å². The quantitative estimate of drug-likeness (QED) is 0.770. The maximum absolute atomic E-state index is 12.1. The number of halogens is 1. The molecule has 2 heterocycles. The highest BCUT2D eigenvalue weighted by Crippen LogP contribution is 2.19. The van der Waals surface area contributed by atoms with Gasteiger partial charge >= 0.3 is 6.03 Å². The molecule has 0 aliphatic carbocycles. The molecule has 2 aromatic rings. The highest BCUT2D eigenvalue weighted by Gasteiger charge is 2.24. The first-order chi connectivity index (χ1) is 10.7. The minimum absolute atomic E-state index is 0.0883. The standard InChI is InChI=1S/C11H13BrN6O4S/c1-6-4-8(22-3)14-10(13-6)15-11(19)17-23(20,21)9-7(12)5-18(2)16-9/h4-5H,1-3H3,(H2,13,14,15,17,19). The molecular formula is C11H13BrN6O4S. The summed E-state index contributed by atoms with van der Waals surface area (Å²) in [5, 5.41) is 5.69. The number of anilines is 1. The third-order valence-electron chi connectivity index (χ3n) is 2.50. The molecule has 2 rings (SSSR count). The first-order valence-corrected chi connectivity index (χ1v) is 8.41. The monoisotopic (exact) mass is 404 g/mol. The van der Waals surface area contributed by atoms with Crippen molar-refractivity contribution >= 4 is 37.9 Å². The number of aryl methyl sites for hydroxylation is 2. The predicted octanol–water partition coefficient (Wildman–Crippen LogP) is 0.800. The second-order valence-electron chi connectivity index (χ2n) is 4.39. The van der Waals surface area contributed by atoms with Gasteiger partial charge in [0.2, 0.25) is 16.9 Å². The van der Waals surface area contributed by atoms with Crippen LogP contribution < -0.4 is 14.8 Å². The summed E-state index contributed by atoms with van der Waals surface area (Å²) in [6.07, 6.45) is 1.45. The molecule has 10 nitrogen and oxygen atoms in total. The van der Waals surface area contributed by atoms with E-state index in [1.165, 1.54) is 18.0 Å². The van der Waals surface area contributed by atoms with E-state index in [0.29, 0.717) is 5.69 Å². The number of aromatic nitrogens is 4. The molecule has 0 radical (unpaired) electrons. The number of carbonyl (C=O) groups excluding carboxylic acids is 1. The van der Waals surface area contributed by atoms with Crippen LogP contribution in [0.15, 0.2) is 21.8 Å². The normalized spacial score (nSPS) is 11.1. The van der Waals surface area contributed by atoms with Gasteiger partial charge in [-0.25, -0.2) is 14.5 Å². The summed E-state index contributed by atoms with van der Waals surface area (Å²) < 4.78 is 32.5. The largest absolute Gasteiger partial charge is 0.481 e. The molecule has 0 saturated carbocycles. The van der Waals surface area contributed by atoms with Gasteiger partial charge in [0.15, 0.2) is 0 Å². The minimum Gasteiger partial charge on any atom is -0.481 e. The molecule has 0 bridgehead atoms. The van der Waals surface area contributed by atoms with Crippen LogP contribution >= 0.6 is 15.9 Å². The number of hydrogen-bond acceptors (Lipinski definition) is 7. The molecule has 12 heteroatoms. The highest BCUT2D eigenvalue weighted by atomic mass is 79.9. The lowest BCUT2D eigenvalue weighted by Gasteiger charge is -2.08. The van der Waals surface area contributed by atoms with Crippen LogP contribution in [0.2, 0.25) is 0 Å². The molecule has 2 amide bonds. The highest BCUT2D eigenvalue weighted by molar-refractivity contribution is 9.10. The van der Waals surface area contributed by atoms with Crippen LogP contribution in [0.5, 0.6) is 5.88 Å². The summed E-state index contributed by atoms with van der Waals surface area (Å²) in [5.41, 5.74) is 0.544. The van der Waals surface area contributed by atoms with Crippen molar-refractivity contribution in [3.63, 3.8) is 0 Å². The van der Waals surface area contributed by atoms with Crippen LogP contribution in [0, 0.1) is 6.92 Å². The zero-order valence-corrected chi connectivity index (χ0v) is 14.8. The van der Waals surface area contributed by atoms with Crippen LogP contribution in [0.1, 0.15) is 5.69 Å². The number of rotatable bonds is 4. The van der Waals surface area contributed by atoms with Crippen molar-refractivity contribution in [2.75, 3.05) is 12.4 Å². The van der Waals surface area contributed by atoms with Gasteiger partial charge in [0.25, 0.3) is 10.0 Å². The molecule has 2 N–H and O–H groups in total. The Labute approximate surface area is 140 Å². The molecule has 0 aromatic carbocycles. The van der Waals surface area contributed by atoms with Gasteiger partial charge in [-0.05, 0) is 22.9 Å². The summed E-state index contributed by atoms with van der Waals surface area (Å²) in [6.45, 7) is 1.68. The Morgan fingerprint density at radius 1 is 1.39 bits per heavy atom. The fourth-order valence-electron chi connectivity index (χ4n) is 1.62. The second kappa shape index (κ2) is 6.50. The molecule has 0 aliphatic rings. The molecule has 2 aromatic heterocycles. The summed E-state index contributed by atoms with van der Waals surface area (Å²) in [4.78, 5) is 19.7. The van der Waals surface area contributed by atoms with Gasteiger partial charge in [0, 0.05) is 25.0 Å². The summed E-state index contributed by atoms with van der Waals surface area (Å²) in [7, 11) is -1.18. The lowest BCUT2D eigenvalue weighted by Crippen LogP contribution is -2.35. The maximum Gasteiger partial charge on any atom is 0.335 e. The van der Waals surface area contributed by atoms with E-state index in [2.05, 4.69) is 36.3 Å². The Morgan fingerprint density at radius 3 is 2.65 bits per heavy atom. The third-order valence-corrected chi connectivity index (χ3v) is 4.61. The second-order valence-corrected chi connectivity index (χ2v) is 6.84. The number of nitrogens with zero attached hydrogens (tertiary/aromatic N) is 4. The van der Waals surface area contributed by atoms with E-state index < -0.39 is 16.1 Å². The van der Waals surface area contributed by atoms with E-state index in [4.69, 9.17) is 4.74 Å². The molecule has 0 spiro atoms. The summed E-state index contributed by atoms with van der Waals surface area (Å²) >= 11 is 3.06. The number of urea groups is 1. The average Bonchev–Trinajstić information content (AvgIpc) is 2.77. The van der Waals surface area contributed by atoms with Gasteiger partial charge in [0.1, 0.15) is 0 Å². The molecule has 0 unspecified atom stereocenters. The summed E-state index contributed by atoms with van der Waals surface area (Å²) in [5.74, 6) is 0.151. The number of methoxy groups -OCH3 is 1. The Kier molecular flexibility index (Phi) is 4.85.